The molecular formula is C59H77ClF4N4O8. The van der Waals surface area contributed by atoms with Gasteiger partial charge < -0.3 is 25.7 Å². The van der Waals surface area contributed by atoms with Crippen molar-refractivity contribution in [2.45, 2.75) is 175 Å². The van der Waals surface area contributed by atoms with Crippen LogP contribution in [0.2, 0.25) is 5.02 Å². The van der Waals surface area contributed by atoms with E-state index in [2.05, 4.69) is 24.5 Å². The van der Waals surface area contributed by atoms with Crippen molar-refractivity contribution >= 4 is 52.9 Å². The molecule has 0 aromatic heterocycles. The molecule has 0 aliphatic rings. The number of aliphatic carboxylic acids is 2. The zero-order valence-corrected chi connectivity index (χ0v) is 45.1. The quantitative estimate of drug-likeness (QED) is 0.0219. The normalized spacial score (nSPS) is 11.1. The Kier molecular flexibility index (Phi) is 29.6. The summed E-state index contributed by atoms with van der Waals surface area (Å²) in [5.74, 6) is -7.53. The number of nitrogens with zero attached hydrogens (tertiary/aromatic N) is 2. The molecule has 4 aromatic rings. The number of amides is 4. The number of carboxylic acids is 2. The lowest BCUT2D eigenvalue weighted by Crippen LogP contribution is -2.36. The zero-order chi connectivity index (χ0) is 55.9. The number of alkyl halides is 3. The second-order valence-electron chi connectivity index (χ2n) is 19.1. The van der Waals surface area contributed by atoms with Crippen molar-refractivity contribution in [1.82, 2.24) is 15.5 Å². The van der Waals surface area contributed by atoms with Gasteiger partial charge in [0, 0.05) is 48.0 Å². The van der Waals surface area contributed by atoms with E-state index in [0.717, 1.165) is 43.1 Å². The Bertz CT molecular complexity index is 2440. The number of carbonyl (C=O) groups is 6. The molecule has 4 aromatic carbocycles. The minimum Gasteiger partial charge on any atom is -0.474 e. The molecule has 76 heavy (non-hydrogen) atoms. The van der Waals surface area contributed by atoms with E-state index in [-0.39, 0.29) is 30.5 Å². The number of unbranched alkanes of at least 4 members (excludes halogenated alkanes) is 18. The average molecular weight is 1080 g/mol. The Labute approximate surface area is 451 Å². The fourth-order valence-electron chi connectivity index (χ4n) is 8.47. The van der Waals surface area contributed by atoms with Crippen molar-refractivity contribution in [3.63, 3.8) is 0 Å². The van der Waals surface area contributed by atoms with Gasteiger partial charge in [-0.2, -0.15) is 13.2 Å². The predicted molar refractivity (Wildman–Crippen MR) is 290 cm³/mol. The molecule has 0 unspecified atom stereocenters. The van der Waals surface area contributed by atoms with Gasteiger partial charge in [0.2, 0.25) is 0 Å². The third-order valence-electron chi connectivity index (χ3n) is 12.9. The van der Waals surface area contributed by atoms with E-state index in [9.17, 15) is 51.4 Å². The van der Waals surface area contributed by atoms with Gasteiger partial charge in [0.15, 0.2) is 0 Å². The molecule has 0 saturated carbocycles. The van der Waals surface area contributed by atoms with Gasteiger partial charge in [0.25, 0.3) is 11.8 Å². The van der Waals surface area contributed by atoms with Crippen LogP contribution in [0, 0.1) is 12.7 Å². The molecule has 0 heterocycles. The summed E-state index contributed by atoms with van der Waals surface area (Å²) in [6.45, 7) is 6.82. The lowest BCUT2D eigenvalue weighted by Gasteiger charge is -2.23. The number of hydrogen-bond donors (Lipinski definition) is 4. The van der Waals surface area contributed by atoms with Gasteiger partial charge in [-0.05, 0) is 90.6 Å². The van der Waals surface area contributed by atoms with Gasteiger partial charge in [0.05, 0.1) is 12.1 Å². The van der Waals surface area contributed by atoms with E-state index in [4.69, 9.17) is 16.7 Å². The first-order chi connectivity index (χ1) is 36.4. The highest BCUT2D eigenvalue weighted by Crippen LogP contribution is 2.32. The summed E-state index contributed by atoms with van der Waals surface area (Å²) in [7, 11) is 0. The summed E-state index contributed by atoms with van der Waals surface area (Å²) >= 11 is 6.18. The van der Waals surface area contributed by atoms with Crippen LogP contribution in [0.25, 0.3) is 0 Å². The standard InChI is InChI=1S/C30H38F4N2O4.C29H39ClN2O4/c1-2-3-4-5-6-7-8-9-10-11-18-35-27(37)24-15-12-22(13-16-24)20-36(28(38)29(39)40)21-23-14-17-25(26(31)19-23)30(32,33)34;1-3-4-5-6-7-8-9-10-11-12-20-31-27(33)24-18-16-23(17-19-24)21-32(28(34)29(35)36)26-15-13-14-25(30)22(26)2/h12-17,19H,2-11,18,20-21H2,1H3,(H,35,37)(H,39,40);13-19H,3-12,20-21H2,1-2H3,(H,31,33)(H,35,36). The number of nitrogens with one attached hydrogen (secondary N) is 2. The molecule has 0 saturated heterocycles. The van der Waals surface area contributed by atoms with Crippen LogP contribution in [-0.4, -0.2) is 63.8 Å². The summed E-state index contributed by atoms with van der Waals surface area (Å²) in [6.07, 6.45) is 19.6. The highest BCUT2D eigenvalue weighted by atomic mass is 35.5. The van der Waals surface area contributed by atoms with Crippen LogP contribution in [0.15, 0.2) is 84.9 Å². The maximum atomic E-state index is 14.0. The van der Waals surface area contributed by atoms with Gasteiger partial charge in [-0.25, -0.2) is 14.0 Å². The van der Waals surface area contributed by atoms with Gasteiger partial charge in [0.1, 0.15) is 5.82 Å². The maximum absolute atomic E-state index is 14.0. The van der Waals surface area contributed by atoms with Gasteiger partial charge in [-0.1, -0.05) is 177 Å². The molecule has 416 valence electrons. The molecule has 12 nitrogen and oxygen atoms in total. The highest BCUT2D eigenvalue weighted by molar-refractivity contribution is 6.38. The molecule has 0 fully saturated rings. The first-order valence-corrected chi connectivity index (χ1v) is 27.2. The van der Waals surface area contributed by atoms with Crippen LogP contribution in [0.5, 0.6) is 0 Å². The summed E-state index contributed by atoms with van der Waals surface area (Å²) in [5.41, 5.74) is 1.74. The summed E-state index contributed by atoms with van der Waals surface area (Å²) in [5, 5.41) is 24.7. The molecule has 0 spiro atoms. The van der Waals surface area contributed by atoms with E-state index in [1.807, 2.05) is 0 Å². The first kappa shape index (κ1) is 64.0. The van der Waals surface area contributed by atoms with E-state index in [1.54, 1.807) is 73.7 Å². The Morgan fingerprint density at radius 1 is 0.526 bits per heavy atom. The smallest absolute Gasteiger partial charge is 0.419 e. The molecule has 0 aliphatic carbocycles. The molecule has 4 rings (SSSR count). The Balaban J connectivity index is 0.000000402. The minimum absolute atomic E-state index is 0.00284. The monoisotopic (exact) mass is 1080 g/mol. The number of anilines is 1. The van der Waals surface area contributed by atoms with Gasteiger partial charge in [-0.15, -0.1) is 0 Å². The van der Waals surface area contributed by atoms with E-state index >= 15 is 0 Å². The van der Waals surface area contributed by atoms with Crippen LogP contribution in [-0.2, 0) is 45.0 Å². The summed E-state index contributed by atoms with van der Waals surface area (Å²) < 4.78 is 52.4. The fraction of sp³-hybridized carbons (Fsp3) is 0.492. The number of carboxylic acid groups (broad SMARTS) is 2. The van der Waals surface area contributed by atoms with Crippen molar-refractivity contribution in [3.8, 4) is 0 Å². The minimum atomic E-state index is -4.87. The van der Waals surface area contributed by atoms with Crippen LogP contribution >= 0.6 is 11.6 Å². The number of carbonyl (C=O) groups excluding carboxylic acids is 4. The molecule has 17 heteroatoms. The number of halogens is 5. The van der Waals surface area contributed by atoms with E-state index < -0.39 is 47.9 Å². The van der Waals surface area contributed by atoms with Crippen LogP contribution in [0.3, 0.4) is 0 Å². The first-order valence-electron chi connectivity index (χ1n) is 26.8. The molecule has 0 bridgehead atoms. The van der Waals surface area contributed by atoms with Crippen LogP contribution < -0.4 is 15.5 Å². The number of hydrogen-bond acceptors (Lipinski definition) is 6. The molecule has 0 aliphatic heterocycles. The lowest BCUT2D eigenvalue weighted by molar-refractivity contribution is -0.156. The van der Waals surface area contributed by atoms with E-state index in [1.165, 1.54) is 101 Å². The third kappa shape index (κ3) is 23.7. The summed E-state index contributed by atoms with van der Waals surface area (Å²) in [4.78, 5) is 74.3. The molecular weight excluding hydrogens is 1000 g/mol. The average Bonchev–Trinajstić information content (AvgIpc) is 3.39. The second kappa shape index (κ2) is 35.1. The van der Waals surface area contributed by atoms with Crippen molar-refractivity contribution in [2.24, 2.45) is 0 Å². The Hall–Kier alpha value is -6.29. The maximum Gasteiger partial charge on any atom is 0.419 e. The molecule has 4 N–H and O–H groups in total. The van der Waals surface area contributed by atoms with Crippen LogP contribution in [0.1, 0.15) is 191 Å². The van der Waals surface area contributed by atoms with Gasteiger partial charge >= 0.3 is 29.9 Å². The Morgan fingerprint density at radius 3 is 1.33 bits per heavy atom. The third-order valence-corrected chi connectivity index (χ3v) is 13.3. The van der Waals surface area contributed by atoms with Crippen LogP contribution in [0.4, 0.5) is 23.2 Å². The number of benzene rings is 4. The fourth-order valence-corrected chi connectivity index (χ4v) is 8.64. The topological polar surface area (TPSA) is 173 Å². The molecule has 4 amide bonds. The zero-order valence-electron chi connectivity index (χ0n) is 44.4. The van der Waals surface area contributed by atoms with Gasteiger partial charge in [-0.3, -0.25) is 24.1 Å². The Morgan fingerprint density at radius 2 is 0.921 bits per heavy atom. The largest absolute Gasteiger partial charge is 0.474 e. The van der Waals surface area contributed by atoms with Crippen molar-refractivity contribution in [1.29, 1.82) is 0 Å². The predicted octanol–water partition coefficient (Wildman–Crippen LogP) is 14.0. The molecule has 0 radical (unpaired) electrons. The number of rotatable bonds is 31. The van der Waals surface area contributed by atoms with E-state index in [0.29, 0.717) is 63.7 Å². The SMILES string of the molecule is CCCCCCCCCCCCNC(=O)c1ccc(CN(C(=O)C(=O)O)c2cccc(Cl)c2C)cc1.CCCCCCCCCCCCNC(=O)c1ccc(CN(Cc2ccc(C(F)(F)F)c(F)c2)C(=O)C(=O)O)cc1. The van der Waals surface area contributed by atoms with Crippen molar-refractivity contribution in [2.75, 3.05) is 18.0 Å². The van der Waals surface area contributed by atoms with Crippen molar-refractivity contribution < 1.29 is 56.5 Å². The van der Waals surface area contributed by atoms with Crippen molar-refractivity contribution in [3.05, 3.63) is 135 Å². The summed E-state index contributed by atoms with van der Waals surface area (Å²) in [6, 6.07) is 20.3. The second-order valence-corrected chi connectivity index (χ2v) is 19.5. The lowest BCUT2D eigenvalue weighted by atomic mass is 10.1. The molecule has 0 atom stereocenters. The highest BCUT2D eigenvalue weighted by Gasteiger charge is 2.34.